The Morgan fingerprint density at radius 2 is 1.62 bits per heavy atom. The van der Waals surface area contributed by atoms with Crippen LogP contribution in [0.15, 0.2) is 0 Å². The zero-order chi connectivity index (χ0) is 10.1. The van der Waals surface area contributed by atoms with Crippen LogP contribution in [-0.4, -0.2) is 14.5 Å². The molecular formula is C8H16ClNO2S. The molecular weight excluding hydrogens is 210 g/mol. The topological polar surface area (TPSA) is 46.2 Å². The van der Waals surface area contributed by atoms with Crippen LogP contribution in [0.4, 0.5) is 0 Å². The van der Waals surface area contributed by atoms with Crippen molar-refractivity contribution in [2.24, 2.45) is 11.8 Å². The van der Waals surface area contributed by atoms with Gasteiger partial charge in [-0.15, -0.1) is 0 Å². The maximum absolute atomic E-state index is 10.8. The van der Waals surface area contributed by atoms with Gasteiger partial charge >= 0.3 is 0 Å². The van der Waals surface area contributed by atoms with Crippen LogP contribution in [0, 0.1) is 11.8 Å². The molecule has 1 aliphatic rings. The minimum atomic E-state index is -3.55. The monoisotopic (exact) mass is 225 g/mol. The molecule has 0 aromatic heterocycles. The molecule has 0 aromatic rings. The summed E-state index contributed by atoms with van der Waals surface area (Å²) in [6.45, 7) is 4.29. The smallest absolute Gasteiger partial charge is 0.199 e. The highest BCUT2D eigenvalue weighted by atomic mass is 35.7. The van der Waals surface area contributed by atoms with Crippen molar-refractivity contribution in [3.8, 4) is 0 Å². The highest BCUT2D eigenvalue weighted by Crippen LogP contribution is 2.28. The van der Waals surface area contributed by atoms with Gasteiger partial charge in [0.25, 0.3) is 9.24 Å². The number of hydrogen-bond acceptors (Lipinski definition) is 2. The van der Waals surface area contributed by atoms with Crippen LogP contribution in [0.2, 0.25) is 0 Å². The molecule has 1 fully saturated rings. The summed E-state index contributed by atoms with van der Waals surface area (Å²) in [6, 6.07) is 0.0289. The third-order valence-corrected chi connectivity index (χ3v) is 3.37. The van der Waals surface area contributed by atoms with E-state index >= 15 is 0 Å². The van der Waals surface area contributed by atoms with Crippen LogP contribution >= 0.6 is 10.7 Å². The number of nitrogens with one attached hydrogen (secondary N) is 1. The van der Waals surface area contributed by atoms with Crippen molar-refractivity contribution in [2.45, 2.75) is 39.2 Å². The Bertz CT molecular complexity index is 255. The van der Waals surface area contributed by atoms with Gasteiger partial charge in [0.05, 0.1) is 0 Å². The molecule has 2 unspecified atom stereocenters. The molecule has 5 heteroatoms. The summed E-state index contributed by atoms with van der Waals surface area (Å²) in [6.07, 6.45) is 2.98. The molecule has 0 bridgehead atoms. The Hall–Kier alpha value is 0.200. The van der Waals surface area contributed by atoms with Crippen molar-refractivity contribution in [2.75, 3.05) is 0 Å². The van der Waals surface area contributed by atoms with Crippen LogP contribution in [0.3, 0.4) is 0 Å². The first-order valence-corrected chi connectivity index (χ1v) is 6.89. The van der Waals surface area contributed by atoms with Crippen LogP contribution in [0.1, 0.15) is 33.1 Å². The van der Waals surface area contributed by atoms with E-state index in [-0.39, 0.29) is 6.04 Å². The number of hydrogen-bond donors (Lipinski definition) is 1. The third kappa shape index (κ3) is 4.29. The van der Waals surface area contributed by atoms with Crippen molar-refractivity contribution in [1.29, 1.82) is 0 Å². The van der Waals surface area contributed by atoms with Crippen LogP contribution < -0.4 is 4.72 Å². The molecule has 0 radical (unpaired) electrons. The van der Waals surface area contributed by atoms with E-state index in [2.05, 4.69) is 18.6 Å². The van der Waals surface area contributed by atoms with Crippen LogP contribution in [-0.2, 0) is 9.24 Å². The molecule has 1 N–H and O–H groups in total. The largest absolute Gasteiger partial charge is 0.297 e. The lowest BCUT2D eigenvalue weighted by Crippen LogP contribution is -2.37. The molecule has 2 atom stereocenters. The Morgan fingerprint density at radius 3 is 2.00 bits per heavy atom. The number of rotatable bonds is 2. The van der Waals surface area contributed by atoms with Gasteiger partial charge in [-0.2, -0.15) is 13.1 Å². The van der Waals surface area contributed by atoms with E-state index in [0.717, 1.165) is 12.8 Å². The summed E-state index contributed by atoms with van der Waals surface area (Å²) in [5, 5.41) is 0. The predicted octanol–water partition coefficient (Wildman–Crippen LogP) is 1.88. The quantitative estimate of drug-likeness (QED) is 0.730. The summed E-state index contributed by atoms with van der Waals surface area (Å²) >= 11 is 0. The van der Waals surface area contributed by atoms with E-state index in [0.29, 0.717) is 11.8 Å². The Morgan fingerprint density at radius 1 is 1.15 bits per heavy atom. The van der Waals surface area contributed by atoms with Crippen molar-refractivity contribution in [3.63, 3.8) is 0 Å². The summed E-state index contributed by atoms with van der Waals surface area (Å²) < 4.78 is 24.0. The normalized spacial score (nSPS) is 36.1. The molecule has 13 heavy (non-hydrogen) atoms. The lowest BCUT2D eigenvalue weighted by Gasteiger charge is -2.30. The van der Waals surface area contributed by atoms with Gasteiger partial charge in [0.2, 0.25) is 0 Å². The summed E-state index contributed by atoms with van der Waals surface area (Å²) in [7, 11) is 1.57. The van der Waals surface area contributed by atoms with Crippen molar-refractivity contribution < 1.29 is 8.42 Å². The highest BCUT2D eigenvalue weighted by Gasteiger charge is 2.26. The van der Waals surface area contributed by atoms with Gasteiger partial charge in [-0.05, 0) is 31.1 Å². The van der Waals surface area contributed by atoms with Gasteiger partial charge in [-0.25, -0.2) is 0 Å². The molecule has 0 spiro atoms. The fourth-order valence-electron chi connectivity index (χ4n) is 2.24. The first-order chi connectivity index (χ1) is 5.87. The molecule has 1 aliphatic carbocycles. The Labute approximate surface area is 84.4 Å². The average Bonchev–Trinajstić information content (AvgIpc) is 1.78. The molecule has 0 aliphatic heterocycles. The predicted molar refractivity (Wildman–Crippen MR) is 53.9 cm³/mol. The third-order valence-electron chi connectivity index (χ3n) is 2.49. The van der Waals surface area contributed by atoms with E-state index in [1.54, 1.807) is 0 Å². The molecule has 0 amide bonds. The lowest BCUT2D eigenvalue weighted by atomic mass is 9.81. The van der Waals surface area contributed by atoms with Crippen molar-refractivity contribution >= 4 is 19.9 Å². The number of halogens is 1. The molecule has 0 heterocycles. The zero-order valence-corrected chi connectivity index (χ0v) is 9.53. The van der Waals surface area contributed by atoms with Crippen LogP contribution in [0.5, 0.6) is 0 Å². The second kappa shape index (κ2) is 4.15. The van der Waals surface area contributed by atoms with Gasteiger partial charge in [0.15, 0.2) is 0 Å². The molecule has 78 valence electrons. The maximum atomic E-state index is 10.8. The molecule has 1 rings (SSSR count). The van der Waals surface area contributed by atoms with E-state index in [1.807, 2.05) is 0 Å². The van der Waals surface area contributed by atoms with E-state index in [9.17, 15) is 8.42 Å². The van der Waals surface area contributed by atoms with Gasteiger partial charge < -0.3 is 0 Å². The molecule has 0 aromatic carbocycles. The van der Waals surface area contributed by atoms with Gasteiger partial charge in [0.1, 0.15) is 0 Å². The maximum Gasteiger partial charge on any atom is 0.297 e. The minimum Gasteiger partial charge on any atom is -0.199 e. The van der Waals surface area contributed by atoms with Crippen molar-refractivity contribution in [1.82, 2.24) is 4.72 Å². The van der Waals surface area contributed by atoms with E-state index in [4.69, 9.17) is 10.7 Å². The van der Waals surface area contributed by atoms with Crippen molar-refractivity contribution in [3.05, 3.63) is 0 Å². The fraction of sp³-hybridized carbons (Fsp3) is 1.00. The summed E-state index contributed by atoms with van der Waals surface area (Å²) in [5.41, 5.74) is 0. The Kier molecular flexibility index (Phi) is 3.60. The van der Waals surface area contributed by atoms with Gasteiger partial charge in [0, 0.05) is 16.7 Å². The second-order valence-corrected chi connectivity index (χ2v) is 6.50. The zero-order valence-electron chi connectivity index (χ0n) is 7.96. The van der Waals surface area contributed by atoms with Gasteiger partial charge in [-0.3, -0.25) is 0 Å². The summed E-state index contributed by atoms with van der Waals surface area (Å²) in [4.78, 5) is 0. The molecule has 1 saturated carbocycles. The van der Waals surface area contributed by atoms with Gasteiger partial charge in [-0.1, -0.05) is 13.8 Å². The minimum absolute atomic E-state index is 0.0289. The highest BCUT2D eigenvalue weighted by molar-refractivity contribution is 8.12. The van der Waals surface area contributed by atoms with Crippen LogP contribution in [0.25, 0.3) is 0 Å². The first kappa shape index (κ1) is 11.3. The average molecular weight is 226 g/mol. The fourth-order valence-corrected chi connectivity index (χ4v) is 3.21. The SMILES string of the molecule is CC1CC(C)CC(NS(=O)(=O)Cl)C1. The second-order valence-electron chi connectivity index (χ2n) is 4.17. The molecule has 0 saturated heterocycles. The lowest BCUT2D eigenvalue weighted by molar-refractivity contribution is 0.258. The molecule has 3 nitrogen and oxygen atoms in total. The Balaban J connectivity index is 2.51. The standard InChI is InChI=1S/C8H16ClNO2S/c1-6-3-7(2)5-8(4-6)10-13(9,11)12/h6-8,10H,3-5H2,1-2H3. The first-order valence-electron chi connectivity index (χ1n) is 4.58. The van der Waals surface area contributed by atoms with E-state index < -0.39 is 9.24 Å². The summed E-state index contributed by atoms with van der Waals surface area (Å²) in [5.74, 6) is 1.17. The van der Waals surface area contributed by atoms with E-state index in [1.165, 1.54) is 6.42 Å².